The summed E-state index contributed by atoms with van der Waals surface area (Å²) in [6, 6.07) is 12.9. The average Bonchev–Trinajstić information content (AvgIpc) is 3.09. The third-order valence-electron chi connectivity index (χ3n) is 4.45. The normalized spacial score (nSPS) is 10.7. The maximum atomic E-state index is 12.5. The van der Waals surface area contributed by atoms with Crippen LogP contribution in [0.1, 0.15) is 18.3 Å². The zero-order chi connectivity index (χ0) is 22.4. The number of rotatable bonds is 8. The number of hydrogen-bond donors (Lipinski definition) is 2. The number of nitrogens with zero attached hydrogens (tertiary/aromatic N) is 3. The number of carbonyl (C=O) groups is 2. The Morgan fingerprint density at radius 3 is 2.65 bits per heavy atom. The topological polar surface area (TPSA) is 88.9 Å². The van der Waals surface area contributed by atoms with Gasteiger partial charge in [0.2, 0.25) is 11.8 Å². The lowest BCUT2D eigenvalue weighted by Crippen LogP contribution is -2.18. The Morgan fingerprint density at radius 1 is 1.13 bits per heavy atom. The number of amides is 2. The molecule has 2 aromatic carbocycles. The van der Waals surface area contributed by atoms with Crippen molar-refractivity contribution in [3.05, 3.63) is 63.3 Å². The molecule has 1 heterocycles. The number of para-hydroxylation sites is 1. The Hall–Kier alpha value is -2.36. The Labute approximate surface area is 198 Å². The number of benzene rings is 2. The second-order valence-electron chi connectivity index (χ2n) is 6.66. The number of nitrogens with one attached hydrogen (secondary N) is 2. The van der Waals surface area contributed by atoms with E-state index in [0.29, 0.717) is 21.7 Å². The van der Waals surface area contributed by atoms with Crippen LogP contribution in [0.15, 0.2) is 52.1 Å². The molecule has 0 radical (unpaired) electrons. The van der Waals surface area contributed by atoms with E-state index in [-0.39, 0.29) is 24.0 Å². The number of anilines is 2. The van der Waals surface area contributed by atoms with Crippen molar-refractivity contribution in [2.24, 2.45) is 7.05 Å². The third kappa shape index (κ3) is 6.32. The van der Waals surface area contributed by atoms with E-state index in [1.54, 1.807) is 29.8 Å². The minimum atomic E-state index is -0.193. The summed E-state index contributed by atoms with van der Waals surface area (Å²) >= 11 is 10.6. The molecule has 1 aromatic heterocycles. The molecule has 0 aliphatic heterocycles. The van der Waals surface area contributed by atoms with E-state index in [1.807, 2.05) is 31.2 Å². The second-order valence-corrected chi connectivity index (χ2v) is 8.86. The van der Waals surface area contributed by atoms with E-state index in [4.69, 9.17) is 11.6 Å². The maximum Gasteiger partial charge on any atom is 0.234 e. The summed E-state index contributed by atoms with van der Waals surface area (Å²) in [6.07, 6.45) is 0.918. The molecule has 162 valence electrons. The average molecular weight is 523 g/mol. The first-order chi connectivity index (χ1) is 14.9. The highest BCUT2D eigenvalue weighted by Gasteiger charge is 2.15. The molecule has 7 nitrogen and oxygen atoms in total. The quantitative estimate of drug-likeness (QED) is 0.419. The SMILES string of the molecule is CCc1ccccc1NC(=O)Cc1nnc(SCC(=O)Nc2ccc(Br)c(Cl)c2)n1C. The molecule has 3 rings (SSSR count). The molecular weight excluding hydrogens is 502 g/mol. The van der Waals surface area contributed by atoms with Crippen LogP contribution >= 0.6 is 39.3 Å². The summed E-state index contributed by atoms with van der Waals surface area (Å²) in [4.78, 5) is 24.7. The van der Waals surface area contributed by atoms with Crippen molar-refractivity contribution in [3.63, 3.8) is 0 Å². The van der Waals surface area contributed by atoms with Gasteiger partial charge >= 0.3 is 0 Å². The molecule has 0 saturated heterocycles. The predicted molar refractivity (Wildman–Crippen MR) is 128 cm³/mol. The van der Waals surface area contributed by atoms with Crippen LogP contribution < -0.4 is 10.6 Å². The van der Waals surface area contributed by atoms with E-state index in [2.05, 4.69) is 36.8 Å². The van der Waals surface area contributed by atoms with Crippen LogP contribution in [0, 0.1) is 0 Å². The van der Waals surface area contributed by atoms with Crippen LogP contribution in [0.4, 0.5) is 11.4 Å². The van der Waals surface area contributed by atoms with Crippen molar-refractivity contribution in [2.45, 2.75) is 24.9 Å². The molecule has 2 amide bonds. The molecular formula is C21H21BrClN5O2S. The van der Waals surface area contributed by atoms with Gasteiger partial charge in [-0.1, -0.05) is 48.5 Å². The standard InChI is InChI=1S/C21H21BrClN5O2S/c1-3-13-6-4-5-7-17(13)25-19(29)11-18-26-27-21(28(18)2)31-12-20(30)24-14-8-9-15(22)16(23)10-14/h4-10H,3,11-12H2,1-2H3,(H,24,30)(H,25,29). The summed E-state index contributed by atoms with van der Waals surface area (Å²) in [5, 5.41) is 15.0. The molecule has 31 heavy (non-hydrogen) atoms. The molecule has 0 spiro atoms. The first-order valence-electron chi connectivity index (χ1n) is 9.51. The van der Waals surface area contributed by atoms with Gasteiger partial charge in [0.05, 0.1) is 17.2 Å². The Morgan fingerprint density at radius 2 is 1.90 bits per heavy atom. The van der Waals surface area contributed by atoms with Crippen molar-refractivity contribution in [1.82, 2.24) is 14.8 Å². The Kier molecular flexibility index (Phi) is 8.11. The van der Waals surface area contributed by atoms with E-state index in [1.165, 1.54) is 11.8 Å². The van der Waals surface area contributed by atoms with E-state index in [9.17, 15) is 9.59 Å². The highest BCUT2D eigenvalue weighted by molar-refractivity contribution is 9.10. The maximum absolute atomic E-state index is 12.5. The van der Waals surface area contributed by atoms with Gasteiger partial charge in [0.1, 0.15) is 5.82 Å². The lowest BCUT2D eigenvalue weighted by molar-refractivity contribution is -0.116. The first kappa shape index (κ1) is 23.3. The first-order valence-corrected chi connectivity index (χ1v) is 11.7. The molecule has 0 unspecified atom stereocenters. The number of hydrogen-bond acceptors (Lipinski definition) is 5. The Balaban J connectivity index is 1.55. The predicted octanol–water partition coefficient (Wildman–Crippen LogP) is 4.71. The van der Waals surface area contributed by atoms with E-state index in [0.717, 1.165) is 22.1 Å². The lowest BCUT2D eigenvalue weighted by atomic mass is 10.1. The molecule has 10 heteroatoms. The fourth-order valence-corrected chi connectivity index (χ4v) is 3.97. The van der Waals surface area contributed by atoms with Gasteiger partial charge in [-0.05, 0) is 52.2 Å². The van der Waals surface area contributed by atoms with Gasteiger partial charge < -0.3 is 15.2 Å². The summed E-state index contributed by atoms with van der Waals surface area (Å²) in [5.74, 6) is 0.309. The number of aryl methyl sites for hydroxylation is 1. The third-order valence-corrected chi connectivity index (χ3v) is 6.70. The number of thioether (sulfide) groups is 1. The highest BCUT2D eigenvalue weighted by Crippen LogP contribution is 2.26. The van der Waals surface area contributed by atoms with Crippen LogP contribution in [0.2, 0.25) is 5.02 Å². The molecule has 0 fully saturated rings. The highest BCUT2D eigenvalue weighted by atomic mass is 79.9. The zero-order valence-electron chi connectivity index (χ0n) is 17.0. The van der Waals surface area contributed by atoms with Crippen molar-refractivity contribution < 1.29 is 9.59 Å². The Bertz CT molecular complexity index is 1110. The summed E-state index contributed by atoms with van der Waals surface area (Å²) in [7, 11) is 1.78. The smallest absolute Gasteiger partial charge is 0.234 e. The fraction of sp³-hybridized carbons (Fsp3) is 0.238. The van der Waals surface area contributed by atoms with Crippen LogP contribution in [0.25, 0.3) is 0 Å². The van der Waals surface area contributed by atoms with Gasteiger partial charge in [-0.2, -0.15) is 0 Å². The van der Waals surface area contributed by atoms with Gasteiger partial charge in [-0.25, -0.2) is 0 Å². The van der Waals surface area contributed by atoms with Gasteiger partial charge in [0.15, 0.2) is 5.16 Å². The van der Waals surface area contributed by atoms with Crippen LogP contribution in [0.3, 0.4) is 0 Å². The summed E-state index contributed by atoms with van der Waals surface area (Å²) < 4.78 is 2.48. The molecule has 0 bridgehead atoms. The fourth-order valence-electron chi connectivity index (χ4n) is 2.81. The van der Waals surface area contributed by atoms with Crippen LogP contribution in [-0.2, 0) is 29.5 Å². The van der Waals surface area contributed by atoms with Crippen molar-refractivity contribution in [2.75, 3.05) is 16.4 Å². The zero-order valence-corrected chi connectivity index (χ0v) is 20.1. The largest absolute Gasteiger partial charge is 0.325 e. The molecule has 2 N–H and O–H groups in total. The van der Waals surface area contributed by atoms with Gasteiger partial charge in [-0.15, -0.1) is 10.2 Å². The second kappa shape index (κ2) is 10.8. The lowest BCUT2D eigenvalue weighted by Gasteiger charge is -2.09. The van der Waals surface area contributed by atoms with Crippen molar-refractivity contribution in [1.29, 1.82) is 0 Å². The molecule has 0 saturated carbocycles. The van der Waals surface area contributed by atoms with Crippen LogP contribution in [-0.4, -0.2) is 32.3 Å². The molecule has 3 aromatic rings. The van der Waals surface area contributed by atoms with Gasteiger partial charge in [0, 0.05) is 22.9 Å². The number of carbonyl (C=O) groups excluding carboxylic acids is 2. The summed E-state index contributed by atoms with van der Waals surface area (Å²) in [5.41, 5.74) is 2.49. The molecule has 0 aliphatic carbocycles. The van der Waals surface area contributed by atoms with Gasteiger partial charge in [0.25, 0.3) is 0 Å². The van der Waals surface area contributed by atoms with Crippen molar-refractivity contribution >= 4 is 62.5 Å². The number of halogens is 2. The minimum absolute atomic E-state index is 0.0890. The van der Waals surface area contributed by atoms with Gasteiger partial charge in [-0.3, -0.25) is 9.59 Å². The minimum Gasteiger partial charge on any atom is -0.325 e. The number of aromatic nitrogens is 3. The molecule has 0 aliphatic rings. The van der Waals surface area contributed by atoms with E-state index < -0.39 is 0 Å². The van der Waals surface area contributed by atoms with E-state index >= 15 is 0 Å². The molecule has 0 atom stereocenters. The van der Waals surface area contributed by atoms with Crippen molar-refractivity contribution in [3.8, 4) is 0 Å². The van der Waals surface area contributed by atoms with Crippen LogP contribution in [0.5, 0.6) is 0 Å². The monoisotopic (exact) mass is 521 g/mol. The summed E-state index contributed by atoms with van der Waals surface area (Å²) in [6.45, 7) is 2.04.